The maximum absolute atomic E-state index is 13.3. The van der Waals surface area contributed by atoms with Crippen molar-refractivity contribution in [2.24, 2.45) is 0 Å². The van der Waals surface area contributed by atoms with Crippen molar-refractivity contribution in [3.05, 3.63) is 22.8 Å². The van der Waals surface area contributed by atoms with Gasteiger partial charge in [-0.25, -0.2) is 18.7 Å². The number of aromatic nitrogens is 3. The minimum atomic E-state index is -1.34. The van der Waals surface area contributed by atoms with Gasteiger partial charge < -0.3 is 5.11 Å². The minimum Gasteiger partial charge on any atom is -0.465 e. The van der Waals surface area contributed by atoms with Crippen molar-refractivity contribution in [2.75, 3.05) is 5.32 Å². The van der Waals surface area contributed by atoms with Crippen molar-refractivity contribution >= 4 is 33.4 Å². The van der Waals surface area contributed by atoms with Crippen LogP contribution in [0.2, 0.25) is 0 Å². The lowest BCUT2D eigenvalue weighted by atomic mass is 10.4. The summed E-state index contributed by atoms with van der Waals surface area (Å²) >= 11 is 3.02. The van der Waals surface area contributed by atoms with Crippen molar-refractivity contribution in [3.63, 3.8) is 0 Å². The third-order valence-corrected chi connectivity index (χ3v) is 1.98. The third-order valence-electron chi connectivity index (χ3n) is 1.64. The minimum absolute atomic E-state index is 0.157. The average Bonchev–Trinajstić information content (AvgIpc) is 2.44. The molecule has 0 saturated carbocycles. The van der Waals surface area contributed by atoms with Crippen LogP contribution < -0.4 is 5.32 Å². The largest absolute Gasteiger partial charge is 0.465 e. The van der Waals surface area contributed by atoms with E-state index in [1.807, 2.05) is 5.32 Å². The second kappa shape index (κ2) is 3.46. The number of nitrogens with zero attached hydrogens (tertiary/aromatic N) is 3. The van der Waals surface area contributed by atoms with Gasteiger partial charge >= 0.3 is 6.09 Å². The van der Waals surface area contributed by atoms with Crippen LogP contribution in [-0.4, -0.2) is 25.8 Å². The number of pyridine rings is 1. The summed E-state index contributed by atoms with van der Waals surface area (Å²) in [6.45, 7) is 0. The van der Waals surface area contributed by atoms with Gasteiger partial charge in [0.2, 0.25) is 4.73 Å². The fourth-order valence-electron chi connectivity index (χ4n) is 1.09. The highest BCUT2D eigenvalue weighted by Crippen LogP contribution is 2.17. The molecule has 0 bridgehead atoms. The zero-order valence-electron chi connectivity index (χ0n) is 7.11. The first kappa shape index (κ1) is 9.84. The monoisotopic (exact) mass is 274 g/mol. The van der Waals surface area contributed by atoms with Crippen molar-refractivity contribution in [3.8, 4) is 0 Å². The standard InChI is InChI=1S/C7H4BrFN4O2/c8-6-11-5-1-4(10-7(14)15)3(9)2-13(5)12-6/h1-2,10H,(H,14,15). The van der Waals surface area contributed by atoms with E-state index < -0.39 is 11.9 Å². The molecule has 0 aliphatic rings. The van der Waals surface area contributed by atoms with E-state index in [-0.39, 0.29) is 5.69 Å². The molecular formula is C7H4BrFN4O2. The molecule has 0 saturated heterocycles. The first-order valence-corrected chi connectivity index (χ1v) is 4.57. The highest BCUT2D eigenvalue weighted by atomic mass is 79.9. The van der Waals surface area contributed by atoms with Crippen molar-refractivity contribution in [1.29, 1.82) is 0 Å². The maximum Gasteiger partial charge on any atom is 0.409 e. The van der Waals surface area contributed by atoms with E-state index >= 15 is 0 Å². The van der Waals surface area contributed by atoms with Gasteiger partial charge in [0.05, 0.1) is 11.9 Å². The Bertz CT molecular complexity index is 541. The van der Waals surface area contributed by atoms with Gasteiger partial charge in [0, 0.05) is 6.07 Å². The molecule has 1 amide bonds. The Balaban J connectivity index is 2.55. The molecule has 0 aliphatic carbocycles. The van der Waals surface area contributed by atoms with Crippen LogP contribution in [0.5, 0.6) is 0 Å². The summed E-state index contributed by atoms with van der Waals surface area (Å²) in [5.74, 6) is -0.720. The van der Waals surface area contributed by atoms with E-state index in [2.05, 4.69) is 26.0 Å². The number of hydrogen-bond donors (Lipinski definition) is 2. The molecule has 78 valence electrons. The molecule has 8 heteroatoms. The van der Waals surface area contributed by atoms with Crippen LogP contribution in [0.15, 0.2) is 17.0 Å². The summed E-state index contributed by atoms with van der Waals surface area (Å²) < 4.78 is 14.8. The van der Waals surface area contributed by atoms with E-state index in [9.17, 15) is 9.18 Å². The van der Waals surface area contributed by atoms with Crippen molar-refractivity contribution in [1.82, 2.24) is 14.6 Å². The number of halogens is 2. The quantitative estimate of drug-likeness (QED) is 0.830. The predicted molar refractivity (Wildman–Crippen MR) is 52.3 cm³/mol. The van der Waals surface area contributed by atoms with Crippen molar-refractivity contribution < 1.29 is 14.3 Å². The van der Waals surface area contributed by atoms with E-state index in [0.29, 0.717) is 10.4 Å². The summed E-state index contributed by atoms with van der Waals surface area (Å²) in [5.41, 5.74) is 0.182. The molecule has 0 aromatic carbocycles. The summed E-state index contributed by atoms with van der Waals surface area (Å²) in [4.78, 5) is 14.2. The zero-order chi connectivity index (χ0) is 11.0. The Labute approximate surface area is 90.9 Å². The lowest BCUT2D eigenvalue weighted by Crippen LogP contribution is -2.09. The average molecular weight is 275 g/mol. The van der Waals surface area contributed by atoms with Gasteiger partial charge in [-0.3, -0.25) is 5.32 Å². The van der Waals surface area contributed by atoms with Crippen LogP contribution in [0, 0.1) is 5.82 Å². The number of rotatable bonds is 1. The van der Waals surface area contributed by atoms with Crippen LogP contribution in [0.1, 0.15) is 0 Å². The summed E-state index contributed by atoms with van der Waals surface area (Å²) in [7, 11) is 0. The third kappa shape index (κ3) is 1.89. The Kier molecular flexibility index (Phi) is 2.27. The number of amides is 1. The first-order valence-electron chi connectivity index (χ1n) is 3.77. The van der Waals surface area contributed by atoms with E-state index in [1.165, 1.54) is 10.6 Å². The number of carbonyl (C=O) groups is 1. The molecule has 2 heterocycles. The smallest absolute Gasteiger partial charge is 0.409 e. The number of hydrogen-bond acceptors (Lipinski definition) is 3. The Morgan fingerprint density at radius 3 is 3.07 bits per heavy atom. The van der Waals surface area contributed by atoms with Crippen LogP contribution >= 0.6 is 15.9 Å². The second-order valence-corrected chi connectivity index (χ2v) is 3.36. The van der Waals surface area contributed by atoms with Crippen LogP contribution in [0.25, 0.3) is 5.65 Å². The molecule has 15 heavy (non-hydrogen) atoms. The lowest BCUT2D eigenvalue weighted by molar-refractivity contribution is 0.209. The predicted octanol–water partition coefficient (Wildman–Crippen LogP) is 1.72. The molecule has 2 aromatic heterocycles. The van der Waals surface area contributed by atoms with E-state index in [4.69, 9.17) is 5.11 Å². The molecule has 0 fully saturated rings. The lowest BCUT2D eigenvalue weighted by Gasteiger charge is -2.01. The van der Waals surface area contributed by atoms with E-state index in [1.54, 1.807) is 0 Å². The topological polar surface area (TPSA) is 79.5 Å². The van der Waals surface area contributed by atoms with Crippen molar-refractivity contribution in [2.45, 2.75) is 0 Å². The fraction of sp³-hybridized carbons (Fsp3) is 0. The molecular weight excluding hydrogens is 271 g/mol. The van der Waals surface area contributed by atoms with Crippen LogP contribution in [0.4, 0.5) is 14.9 Å². The van der Waals surface area contributed by atoms with Gasteiger partial charge in [-0.1, -0.05) is 0 Å². The van der Waals surface area contributed by atoms with Gasteiger partial charge in [-0.15, -0.1) is 5.10 Å². The maximum atomic E-state index is 13.3. The van der Waals surface area contributed by atoms with Gasteiger partial charge in [-0.05, 0) is 15.9 Å². The molecule has 2 rings (SSSR count). The molecule has 0 atom stereocenters. The molecule has 0 unspecified atom stereocenters. The SMILES string of the molecule is O=C(O)Nc1cc2nc(Br)nn2cc1F. The summed E-state index contributed by atoms with van der Waals surface area (Å²) in [5, 5.41) is 14.2. The summed E-state index contributed by atoms with van der Waals surface area (Å²) in [6.07, 6.45) is -0.296. The first-order chi connectivity index (χ1) is 7.06. The van der Waals surface area contributed by atoms with Crippen LogP contribution in [0.3, 0.4) is 0 Å². The fourth-order valence-corrected chi connectivity index (χ4v) is 1.44. The zero-order valence-corrected chi connectivity index (χ0v) is 8.69. The number of nitrogens with one attached hydrogen (secondary N) is 1. The Morgan fingerprint density at radius 1 is 1.67 bits per heavy atom. The highest BCUT2D eigenvalue weighted by molar-refractivity contribution is 9.10. The van der Waals surface area contributed by atoms with Crippen LogP contribution in [-0.2, 0) is 0 Å². The normalized spacial score (nSPS) is 10.5. The second-order valence-electron chi connectivity index (χ2n) is 2.65. The molecule has 0 radical (unpaired) electrons. The highest BCUT2D eigenvalue weighted by Gasteiger charge is 2.09. The van der Waals surface area contributed by atoms with Gasteiger partial charge in [-0.2, -0.15) is 0 Å². The Hall–Kier alpha value is -1.70. The van der Waals surface area contributed by atoms with Gasteiger partial charge in [0.1, 0.15) is 0 Å². The molecule has 0 spiro atoms. The summed E-state index contributed by atoms with van der Waals surface area (Å²) in [6, 6.07) is 1.25. The van der Waals surface area contributed by atoms with Gasteiger partial charge in [0.25, 0.3) is 0 Å². The van der Waals surface area contributed by atoms with Gasteiger partial charge in [0.15, 0.2) is 11.5 Å². The number of anilines is 1. The van der Waals surface area contributed by atoms with E-state index in [0.717, 1.165) is 6.20 Å². The number of carboxylic acid groups (broad SMARTS) is 1. The number of fused-ring (bicyclic) bond motifs is 1. The Morgan fingerprint density at radius 2 is 2.40 bits per heavy atom. The molecule has 6 nitrogen and oxygen atoms in total. The molecule has 2 N–H and O–H groups in total. The molecule has 2 aromatic rings. The molecule has 0 aliphatic heterocycles.